The van der Waals surface area contributed by atoms with Crippen molar-refractivity contribution in [2.75, 3.05) is 13.2 Å². The molecule has 0 spiro atoms. The molecule has 90 valence electrons. The van der Waals surface area contributed by atoms with Crippen LogP contribution in [-0.2, 0) is 4.74 Å². The van der Waals surface area contributed by atoms with E-state index in [1.807, 2.05) is 0 Å². The topological polar surface area (TPSA) is 21.3 Å². The maximum atomic E-state index is 5.59. The lowest BCUT2D eigenvalue weighted by atomic mass is 9.77. The molecular formula is C13H27NO. The molecule has 2 nitrogen and oxygen atoms in total. The molecule has 0 aromatic carbocycles. The normalized spacial score (nSPS) is 27.4. The van der Waals surface area contributed by atoms with Gasteiger partial charge in [-0.3, -0.25) is 0 Å². The Kier molecular flexibility index (Phi) is 6.26. The van der Waals surface area contributed by atoms with E-state index in [4.69, 9.17) is 4.74 Å². The average molecular weight is 213 g/mol. The van der Waals surface area contributed by atoms with Crippen LogP contribution in [0.2, 0.25) is 0 Å². The van der Waals surface area contributed by atoms with E-state index in [1.165, 1.54) is 32.1 Å². The van der Waals surface area contributed by atoms with E-state index in [9.17, 15) is 0 Å². The summed E-state index contributed by atoms with van der Waals surface area (Å²) in [7, 11) is 0. The van der Waals surface area contributed by atoms with Crippen LogP contribution in [0, 0.1) is 5.92 Å². The lowest BCUT2D eigenvalue weighted by Gasteiger charge is -2.37. The minimum absolute atomic E-state index is 0.573. The summed E-state index contributed by atoms with van der Waals surface area (Å²) < 4.78 is 5.59. The Hall–Kier alpha value is -0.0800. The van der Waals surface area contributed by atoms with Crippen LogP contribution in [0.25, 0.3) is 0 Å². The molecule has 0 heterocycles. The summed E-state index contributed by atoms with van der Waals surface area (Å²) in [6.07, 6.45) is 7.12. The van der Waals surface area contributed by atoms with Gasteiger partial charge in [-0.15, -0.1) is 0 Å². The van der Waals surface area contributed by atoms with E-state index in [0.29, 0.717) is 6.10 Å². The fraction of sp³-hybridized carbons (Fsp3) is 1.00. The molecule has 0 bridgehead atoms. The van der Waals surface area contributed by atoms with E-state index in [2.05, 4.69) is 26.1 Å². The molecule has 1 fully saturated rings. The number of rotatable bonds is 8. The van der Waals surface area contributed by atoms with Crippen molar-refractivity contribution in [2.24, 2.45) is 5.92 Å². The lowest BCUT2D eigenvalue weighted by Crippen LogP contribution is -2.38. The van der Waals surface area contributed by atoms with E-state index in [1.54, 1.807) is 0 Å². The Bertz CT molecular complexity index is 149. The predicted molar refractivity (Wildman–Crippen MR) is 65.1 cm³/mol. The van der Waals surface area contributed by atoms with Crippen LogP contribution in [0.4, 0.5) is 0 Å². The minimum atomic E-state index is 0.573. The van der Waals surface area contributed by atoms with Crippen LogP contribution in [0.15, 0.2) is 0 Å². The first kappa shape index (κ1) is 13.0. The van der Waals surface area contributed by atoms with Crippen LogP contribution in [0.1, 0.15) is 52.9 Å². The Morgan fingerprint density at radius 2 is 2.00 bits per heavy atom. The van der Waals surface area contributed by atoms with Crippen LogP contribution in [-0.4, -0.2) is 25.3 Å². The van der Waals surface area contributed by atoms with Crippen LogP contribution < -0.4 is 5.32 Å². The number of ether oxygens (including phenoxy) is 1. The minimum Gasteiger partial charge on any atom is -0.378 e. The SMILES string of the molecule is CCCC(CC1CC(OCC)C1)NCC. The summed E-state index contributed by atoms with van der Waals surface area (Å²) in [5.74, 6) is 0.914. The highest BCUT2D eigenvalue weighted by Gasteiger charge is 2.30. The molecule has 0 radical (unpaired) electrons. The number of hydrogen-bond acceptors (Lipinski definition) is 2. The first-order valence-corrected chi connectivity index (χ1v) is 6.65. The van der Waals surface area contributed by atoms with Crippen molar-refractivity contribution in [3.63, 3.8) is 0 Å². The molecule has 1 atom stereocenters. The molecule has 1 rings (SSSR count). The molecule has 0 aromatic rings. The Balaban J connectivity index is 2.11. The van der Waals surface area contributed by atoms with Gasteiger partial charge >= 0.3 is 0 Å². The summed E-state index contributed by atoms with van der Waals surface area (Å²) in [6.45, 7) is 8.54. The third-order valence-corrected chi connectivity index (χ3v) is 3.34. The molecule has 0 aliphatic heterocycles. The molecular weight excluding hydrogens is 186 g/mol. The van der Waals surface area contributed by atoms with E-state index < -0.39 is 0 Å². The standard InChI is InChI=1S/C13H27NO/c1-4-7-12(14-5-2)8-11-9-13(10-11)15-6-3/h11-14H,4-10H2,1-3H3. The third kappa shape index (κ3) is 4.52. The van der Waals surface area contributed by atoms with Crippen molar-refractivity contribution in [1.82, 2.24) is 5.32 Å². The summed E-state index contributed by atoms with van der Waals surface area (Å²) in [4.78, 5) is 0. The van der Waals surface area contributed by atoms with Gasteiger partial charge in [0.15, 0.2) is 0 Å². The van der Waals surface area contributed by atoms with E-state index in [-0.39, 0.29) is 0 Å². The van der Waals surface area contributed by atoms with Crippen molar-refractivity contribution in [2.45, 2.75) is 65.0 Å². The van der Waals surface area contributed by atoms with Crippen molar-refractivity contribution in [3.8, 4) is 0 Å². The highest BCUT2D eigenvalue weighted by Crippen LogP contribution is 2.34. The van der Waals surface area contributed by atoms with Gasteiger partial charge in [0, 0.05) is 12.6 Å². The number of hydrogen-bond donors (Lipinski definition) is 1. The highest BCUT2D eigenvalue weighted by molar-refractivity contribution is 4.83. The van der Waals surface area contributed by atoms with Crippen molar-refractivity contribution in [1.29, 1.82) is 0 Å². The Morgan fingerprint density at radius 1 is 1.27 bits per heavy atom. The molecule has 1 saturated carbocycles. The molecule has 1 aliphatic carbocycles. The Morgan fingerprint density at radius 3 is 2.53 bits per heavy atom. The van der Waals surface area contributed by atoms with Gasteiger partial charge in [-0.2, -0.15) is 0 Å². The highest BCUT2D eigenvalue weighted by atomic mass is 16.5. The van der Waals surface area contributed by atoms with Crippen molar-refractivity contribution in [3.05, 3.63) is 0 Å². The molecule has 2 heteroatoms. The van der Waals surface area contributed by atoms with E-state index in [0.717, 1.165) is 25.1 Å². The van der Waals surface area contributed by atoms with Gasteiger partial charge in [0.25, 0.3) is 0 Å². The van der Waals surface area contributed by atoms with Gasteiger partial charge in [-0.05, 0) is 45.1 Å². The van der Waals surface area contributed by atoms with Crippen LogP contribution in [0.3, 0.4) is 0 Å². The van der Waals surface area contributed by atoms with Crippen molar-refractivity contribution < 1.29 is 4.74 Å². The molecule has 1 N–H and O–H groups in total. The van der Waals surface area contributed by atoms with E-state index >= 15 is 0 Å². The second-order valence-electron chi connectivity index (χ2n) is 4.69. The van der Waals surface area contributed by atoms with Gasteiger partial charge in [-0.25, -0.2) is 0 Å². The molecule has 0 amide bonds. The second kappa shape index (κ2) is 7.24. The zero-order valence-electron chi connectivity index (χ0n) is 10.6. The molecule has 0 saturated heterocycles. The fourth-order valence-corrected chi connectivity index (χ4v) is 2.58. The smallest absolute Gasteiger partial charge is 0.0580 e. The Labute approximate surface area is 94.8 Å². The van der Waals surface area contributed by atoms with Gasteiger partial charge in [0.05, 0.1) is 6.10 Å². The van der Waals surface area contributed by atoms with Crippen LogP contribution >= 0.6 is 0 Å². The summed E-state index contributed by atoms with van der Waals surface area (Å²) in [5, 5.41) is 3.59. The molecule has 1 unspecified atom stereocenters. The summed E-state index contributed by atoms with van der Waals surface area (Å²) >= 11 is 0. The zero-order chi connectivity index (χ0) is 11.1. The largest absolute Gasteiger partial charge is 0.378 e. The van der Waals surface area contributed by atoms with Gasteiger partial charge in [-0.1, -0.05) is 20.3 Å². The maximum Gasteiger partial charge on any atom is 0.0580 e. The monoisotopic (exact) mass is 213 g/mol. The third-order valence-electron chi connectivity index (χ3n) is 3.34. The quantitative estimate of drug-likeness (QED) is 0.669. The maximum absolute atomic E-state index is 5.59. The predicted octanol–water partition coefficient (Wildman–Crippen LogP) is 2.97. The number of nitrogens with one attached hydrogen (secondary N) is 1. The first-order valence-electron chi connectivity index (χ1n) is 6.65. The fourth-order valence-electron chi connectivity index (χ4n) is 2.58. The second-order valence-corrected chi connectivity index (χ2v) is 4.69. The summed E-state index contributed by atoms with van der Waals surface area (Å²) in [6, 6.07) is 0.743. The molecule has 0 aromatic heterocycles. The molecule has 15 heavy (non-hydrogen) atoms. The zero-order valence-corrected chi connectivity index (χ0v) is 10.6. The van der Waals surface area contributed by atoms with Crippen LogP contribution in [0.5, 0.6) is 0 Å². The van der Waals surface area contributed by atoms with Gasteiger partial charge in [0.1, 0.15) is 0 Å². The lowest BCUT2D eigenvalue weighted by molar-refractivity contribution is -0.0292. The summed E-state index contributed by atoms with van der Waals surface area (Å²) in [5.41, 5.74) is 0. The first-order chi connectivity index (χ1) is 7.30. The van der Waals surface area contributed by atoms with Gasteiger partial charge in [0.2, 0.25) is 0 Å². The average Bonchev–Trinajstić information content (AvgIpc) is 2.15. The molecule has 1 aliphatic rings. The van der Waals surface area contributed by atoms with Crippen molar-refractivity contribution >= 4 is 0 Å². The van der Waals surface area contributed by atoms with Gasteiger partial charge < -0.3 is 10.1 Å².